The summed E-state index contributed by atoms with van der Waals surface area (Å²) < 4.78 is 4.94. The molecule has 0 aliphatic carbocycles. The Hall–Kier alpha value is -1.29. The molecule has 1 rings (SSSR count). The fourth-order valence-corrected chi connectivity index (χ4v) is 1.12. The van der Waals surface area contributed by atoms with Gasteiger partial charge in [0, 0.05) is 13.2 Å². The number of aromatic nitrogens is 1. The standard InChI is InChI=1S/C8H9ClN2O2/c1-10-8(12)6-7(13-2)5(9)3-4-11-6/h3-4H,1-2H3,(H,10,12). The molecule has 1 aromatic rings. The minimum atomic E-state index is -0.320. The molecule has 1 N–H and O–H groups in total. The van der Waals surface area contributed by atoms with Crippen LogP contribution >= 0.6 is 11.6 Å². The van der Waals surface area contributed by atoms with Crippen molar-refractivity contribution >= 4 is 17.5 Å². The van der Waals surface area contributed by atoms with Gasteiger partial charge in [0.25, 0.3) is 5.91 Å². The molecule has 70 valence electrons. The van der Waals surface area contributed by atoms with E-state index < -0.39 is 0 Å². The van der Waals surface area contributed by atoms with Crippen molar-refractivity contribution in [3.8, 4) is 5.75 Å². The molecule has 5 heteroatoms. The molecule has 13 heavy (non-hydrogen) atoms. The first-order valence-corrected chi connectivity index (χ1v) is 3.99. The molecule has 1 aromatic heterocycles. The van der Waals surface area contributed by atoms with E-state index in [0.29, 0.717) is 10.8 Å². The van der Waals surface area contributed by atoms with Crippen molar-refractivity contribution in [1.82, 2.24) is 10.3 Å². The van der Waals surface area contributed by atoms with E-state index in [-0.39, 0.29) is 11.6 Å². The summed E-state index contributed by atoms with van der Waals surface area (Å²) in [6.45, 7) is 0. The maximum Gasteiger partial charge on any atom is 0.273 e. The number of halogens is 1. The highest BCUT2D eigenvalue weighted by molar-refractivity contribution is 6.32. The summed E-state index contributed by atoms with van der Waals surface area (Å²) in [6.07, 6.45) is 1.45. The first kappa shape index (κ1) is 9.80. The zero-order valence-electron chi connectivity index (χ0n) is 7.30. The van der Waals surface area contributed by atoms with Crippen molar-refractivity contribution in [3.05, 3.63) is 23.0 Å². The summed E-state index contributed by atoms with van der Waals surface area (Å²) in [5, 5.41) is 2.81. The molecule has 4 nitrogen and oxygen atoms in total. The number of hydrogen-bond donors (Lipinski definition) is 1. The van der Waals surface area contributed by atoms with Gasteiger partial charge >= 0.3 is 0 Å². The van der Waals surface area contributed by atoms with Crippen LogP contribution < -0.4 is 10.1 Å². The minimum absolute atomic E-state index is 0.192. The second-order valence-electron chi connectivity index (χ2n) is 2.25. The highest BCUT2D eigenvalue weighted by Crippen LogP contribution is 2.25. The normalized spacial score (nSPS) is 9.46. The van der Waals surface area contributed by atoms with Crippen molar-refractivity contribution < 1.29 is 9.53 Å². The van der Waals surface area contributed by atoms with Gasteiger partial charge in [-0.1, -0.05) is 11.6 Å². The largest absolute Gasteiger partial charge is 0.493 e. The lowest BCUT2D eigenvalue weighted by molar-refractivity contribution is 0.0955. The first-order chi connectivity index (χ1) is 6.20. The molecule has 0 aromatic carbocycles. The van der Waals surface area contributed by atoms with E-state index in [1.54, 1.807) is 6.07 Å². The zero-order valence-corrected chi connectivity index (χ0v) is 8.05. The van der Waals surface area contributed by atoms with E-state index in [1.807, 2.05) is 0 Å². The van der Waals surface area contributed by atoms with Crippen LogP contribution in [0.3, 0.4) is 0 Å². The number of amides is 1. The number of ether oxygens (including phenoxy) is 1. The SMILES string of the molecule is CNC(=O)c1nccc(Cl)c1OC. The molecule has 0 aliphatic rings. The maximum absolute atomic E-state index is 11.2. The molecule has 0 radical (unpaired) electrons. The van der Waals surface area contributed by atoms with E-state index in [2.05, 4.69) is 10.3 Å². The first-order valence-electron chi connectivity index (χ1n) is 3.61. The molecular weight excluding hydrogens is 192 g/mol. The Morgan fingerprint density at radius 3 is 2.92 bits per heavy atom. The van der Waals surface area contributed by atoms with E-state index in [1.165, 1.54) is 20.4 Å². The van der Waals surface area contributed by atoms with Gasteiger partial charge in [-0.2, -0.15) is 0 Å². The average Bonchev–Trinajstić information content (AvgIpc) is 2.16. The van der Waals surface area contributed by atoms with Crippen LogP contribution in [-0.4, -0.2) is 25.0 Å². The van der Waals surface area contributed by atoms with Gasteiger partial charge in [-0.25, -0.2) is 4.98 Å². The predicted octanol–water partition coefficient (Wildman–Crippen LogP) is 1.10. The van der Waals surface area contributed by atoms with Crippen LogP contribution in [0.1, 0.15) is 10.5 Å². The number of hydrogen-bond acceptors (Lipinski definition) is 3. The maximum atomic E-state index is 11.2. The fourth-order valence-electron chi connectivity index (χ4n) is 0.899. The number of carbonyl (C=O) groups excluding carboxylic acids is 1. The van der Waals surface area contributed by atoms with Gasteiger partial charge in [0.1, 0.15) is 0 Å². The Labute approximate surface area is 80.9 Å². The Bertz CT molecular complexity index is 328. The zero-order chi connectivity index (χ0) is 9.84. The molecular formula is C8H9ClN2O2. The quantitative estimate of drug-likeness (QED) is 0.778. The van der Waals surface area contributed by atoms with Crippen LogP contribution in [0.5, 0.6) is 5.75 Å². The summed E-state index contributed by atoms with van der Waals surface area (Å²) >= 11 is 5.79. The number of pyridine rings is 1. The highest BCUT2D eigenvalue weighted by Gasteiger charge is 2.14. The van der Waals surface area contributed by atoms with Crippen molar-refractivity contribution in [2.24, 2.45) is 0 Å². The third-order valence-corrected chi connectivity index (χ3v) is 1.80. The van der Waals surface area contributed by atoms with Crippen LogP contribution in [0.25, 0.3) is 0 Å². The average molecular weight is 201 g/mol. The highest BCUT2D eigenvalue weighted by atomic mass is 35.5. The van der Waals surface area contributed by atoms with Crippen LogP contribution in [0.4, 0.5) is 0 Å². The predicted molar refractivity (Wildman–Crippen MR) is 49.2 cm³/mol. The summed E-state index contributed by atoms with van der Waals surface area (Å²) in [5.41, 5.74) is 0.192. The Morgan fingerprint density at radius 2 is 2.38 bits per heavy atom. The summed E-state index contributed by atoms with van der Waals surface area (Å²) in [4.78, 5) is 15.1. The van der Waals surface area contributed by atoms with Gasteiger partial charge < -0.3 is 10.1 Å². The number of rotatable bonds is 2. The minimum Gasteiger partial charge on any atom is -0.493 e. The lowest BCUT2D eigenvalue weighted by Crippen LogP contribution is -2.20. The number of nitrogens with one attached hydrogen (secondary N) is 1. The third-order valence-electron chi connectivity index (χ3n) is 1.50. The summed E-state index contributed by atoms with van der Waals surface area (Å²) in [5.74, 6) is -0.0251. The van der Waals surface area contributed by atoms with Gasteiger partial charge in [0.05, 0.1) is 12.1 Å². The monoisotopic (exact) mass is 200 g/mol. The third kappa shape index (κ3) is 1.89. The van der Waals surface area contributed by atoms with Gasteiger partial charge in [0.15, 0.2) is 11.4 Å². The van der Waals surface area contributed by atoms with Crippen molar-refractivity contribution in [3.63, 3.8) is 0 Å². The number of nitrogens with zero attached hydrogens (tertiary/aromatic N) is 1. The fraction of sp³-hybridized carbons (Fsp3) is 0.250. The van der Waals surface area contributed by atoms with E-state index in [4.69, 9.17) is 16.3 Å². The molecule has 0 aliphatic heterocycles. The molecule has 0 unspecified atom stereocenters. The van der Waals surface area contributed by atoms with Crippen LogP contribution in [0.2, 0.25) is 5.02 Å². The van der Waals surface area contributed by atoms with Crippen molar-refractivity contribution in [2.75, 3.05) is 14.2 Å². The van der Waals surface area contributed by atoms with Gasteiger partial charge in [-0.05, 0) is 6.07 Å². The summed E-state index contributed by atoms with van der Waals surface area (Å²) in [7, 11) is 2.96. The Balaban J connectivity index is 3.20. The van der Waals surface area contributed by atoms with E-state index in [9.17, 15) is 4.79 Å². The van der Waals surface area contributed by atoms with Gasteiger partial charge in [-0.3, -0.25) is 4.79 Å². The Morgan fingerprint density at radius 1 is 1.69 bits per heavy atom. The molecule has 1 amide bonds. The molecule has 0 fully saturated rings. The lowest BCUT2D eigenvalue weighted by atomic mass is 10.3. The van der Waals surface area contributed by atoms with Gasteiger partial charge in [-0.15, -0.1) is 0 Å². The Kier molecular flexibility index (Phi) is 3.08. The number of carbonyl (C=O) groups is 1. The van der Waals surface area contributed by atoms with Crippen LogP contribution in [-0.2, 0) is 0 Å². The van der Waals surface area contributed by atoms with Crippen LogP contribution in [0.15, 0.2) is 12.3 Å². The second kappa shape index (κ2) is 4.09. The smallest absolute Gasteiger partial charge is 0.273 e. The molecule has 0 atom stereocenters. The van der Waals surface area contributed by atoms with E-state index >= 15 is 0 Å². The number of methoxy groups -OCH3 is 1. The molecule has 0 saturated heterocycles. The topological polar surface area (TPSA) is 51.2 Å². The van der Waals surface area contributed by atoms with E-state index in [0.717, 1.165) is 0 Å². The summed E-state index contributed by atoms with van der Waals surface area (Å²) in [6, 6.07) is 1.56. The molecule has 1 heterocycles. The second-order valence-corrected chi connectivity index (χ2v) is 2.66. The van der Waals surface area contributed by atoms with Gasteiger partial charge in [0.2, 0.25) is 0 Å². The lowest BCUT2D eigenvalue weighted by Gasteiger charge is -2.06. The van der Waals surface area contributed by atoms with Crippen molar-refractivity contribution in [1.29, 1.82) is 0 Å². The molecule has 0 bridgehead atoms. The molecule has 0 saturated carbocycles. The van der Waals surface area contributed by atoms with Crippen molar-refractivity contribution in [2.45, 2.75) is 0 Å². The van der Waals surface area contributed by atoms with Crippen LogP contribution in [0, 0.1) is 0 Å². The molecule has 0 spiro atoms.